The summed E-state index contributed by atoms with van der Waals surface area (Å²) >= 11 is 0. The van der Waals surface area contributed by atoms with Crippen molar-refractivity contribution in [3.8, 4) is 0 Å². The van der Waals surface area contributed by atoms with Gasteiger partial charge in [-0.15, -0.1) is 0 Å². The van der Waals surface area contributed by atoms with Crippen LogP contribution >= 0.6 is 0 Å². The molecule has 4 heteroatoms. The van der Waals surface area contributed by atoms with Crippen LogP contribution in [0.4, 0.5) is 0 Å². The minimum absolute atomic E-state index is 0.0170. The molecule has 0 aromatic carbocycles. The van der Waals surface area contributed by atoms with Crippen molar-refractivity contribution in [3.63, 3.8) is 0 Å². The molecule has 10 heavy (non-hydrogen) atoms. The molecular formula is C6H10O4. The molecule has 1 atom stereocenters. The van der Waals surface area contributed by atoms with Crippen molar-refractivity contribution in [1.82, 2.24) is 0 Å². The van der Waals surface area contributed by atoms with Gasteiger partial charge in [0.15, 0.2) is 0 Å². The van der Waals surface area contributed by atoms with Crippen molar-refractivity contribution in [2.24, 2.45) is 5.92 Å². The Bertz CT molecular complexity index is 121. The van der Waals surface area contributed by atoms with E-state index in [1.807, 2.05) is 0 Å². The highest BCUT2D eigenvalue weighted by Crippen LogP contribution is 2.00. The smallest absolute Gasteiger partial charge is 0.311 e. The molecule has 0 heterocycles. The van der Waals surface area contributed by atoms with E-state index < -0.39 is 11.9 Å². The monoisotopic (exact) mass is 146 g/mol. The van der Waals surface area contributed by atoms with Crippen molar-refractivity contribution in [2.45, 2.75) is 6.42 Å². The van der Waals surface area contributed by atoms with Gasteiger partial charge >= 0.3 is 5.97 Å². The van der Waals surface area contributed by atoms with Gasteiger partial charge in [0.1, 0.15) is 6.29 Å². The maximum Gasteiger partial charge on any atom is 0.311 e. The van der Waals surface area contributed by atoms with Gasteiger partial charge in [-0.25, -0.2) is 0 Å². The van der Waals surface area contributed by atoms with Gasteiger partial charge in [-0.05, 0) is 0 Å². The zero-order valence-corrected chi connectivity index (χ0v) is 5.74. The fraction of sp³-hybridized carbons (Fsp3) is 0.667. The Balaban J connectivity index is 3.79. The normalized spacial score (nSPS) is 12.2. The molecule has 0 rings (SSSR count). The predicted octanol–water partition coefficient (Wildman–Crippen LogP) is -0.643. The molecular weight excluding hydrogens is 136 g/mol. The number of hydrogen-bond acceptors (Lipinski definition) is 4. The van der Waals surface area contributed by atoms with Gasteiger partial charge in [-0.1, -0.05) is 0 Å². The summed E-state index contributed by atoms with van der Waals surface area (Å²) in [5.41, 5.74) is 0. The lowest BCUT2D eigenvalue weighted by Gasteiger charge is -2.06. The van der Waals surface area contributed by atoms with Gasteiger partial charge < -0.3 is 14.6 Å². The van der Waals surface area contributed by atoms with E-state index in [0.717, 1.165) is 0 Å². The molecule has 4 nitrogen and oxygen atoms in total. The molecule has 0 aliphatic heterocycles. The van der Waals surface area contributed by atoms with E-state index in [-0.39, 0.29) is 13.0 Å². The molecule has 0 aromatic rings. The van der Waals surface area contributed by atoms with Gasteiger partial charge in [0.05, 0.1) is 19.6 Å². The highest BCUT2D eigenvalue weighted by Gasteiger charge is 2.16. The number of esters is 1. The van der Waals surface area contributed by atoms with Crippen molar-refractivity contribution in [2.75, 3.05) is 13.7 Å². The van der Waals surface area contributed by atoms with E-state index in [1.54, 1.807) is 0 Å². The highest BCUT2D eigenvalue weighted by atomic mass is 16.5. The van der Waals surface area contributed by atoms with Crippen LogP contribution in [0.3, 0.4) is 0 Å². The third-order valence-corrected chi connectivity index (χ3v) is 1.14. The largest absolute Gasteiger partial charge is 0.469 e. The number of aldehydes is 1. The Kier molecular flexibility index (Phi) is 4.49. The Morgan fingerprint density at radius 3 is 2.70 bits per heavy atom. The first-order chi connectivity index (χ1) is 4.76. The first-order valence-electron chi connectivity index (χ1n) is 2.88. The van der Waals surface area contributed by atoms with Crippen molar-refractivity contribution < 1.29 is 19.4 Å². The number of ether oxygens (including phenoxy) is 1. The van der Waals surface area contributed by atoms with Gasteiger partial charge in [0.25, 0.3) is 0 Å². The minimum atomic E-state index is -0.692. The third kappa shape index (κ3) is 2.59. The molecule has 1 unspecified atom stereocenters. The fourth-order valence-electron chi connectivity index (χ4n) is 0.528. The van der Waals surface area contributed by atoms with Crippen LogP contribution in [0.25, 0.3) is 0 Å². The first kappa shape index (κ1) is 9.10. The number of methoxy groups -OCH3 is 1. The van der Waals surface area contributed by atoms with Crippen LogP contribution in [-0.4, -0.2) is 31.1 Å². The van der Waals surface area contributed by atoms with E-state index >= 15 is 0 Å². The second-order valence-electron chi connectivity index (χ2n) is 1.81. The van der Waals surface area contributed by atoms with Crippen molar-refractivity contribution in [1.29, 1.82) is 0 Å². The lowest BCUT2D eigenvalue weighted by molar-refractivity contribution is -0.147. The van der Waals surface area contributed by atoms with E-state index in [0.29, 0.717) is 6.29 Å². The van der Waals surface area contributed by atoms with Crippen LogP contribution in [0.15, 0.2) is 0 Å². The summed E-state index contributed by atoms with van der Waals surface area (Å²) in [6, 6.07) is 0. The molecule has 0 saturated heterocycles. The molecule has 58 valence electrons. The summed E-state index contributed by atoms with van der Waals surface area (Å²) in [6.07, 6.45) is 0.598. The Labute approximate surface area is 58.8 Å². The SMILES string of the molecule is COC(=O)C(CO)CC=O. The lowest BCUT2D eigenvalue weighted by atomic mass is 10.1. The molecule has 0 aromatic heterocycles. The summed E-state index contributed by atoms with van der Waals surface area (Å²) in [7, 11) is 1.22. The van der Waals surface area contributed by atoms with Gasteiger partial charge in [-0.3, -0.25) is 4.79 Å². The zero-order chi connectivity index (χ0) is 7.98. The van der Waals surface area contributed by atoms with E-state index in [2.05, 4.69) is 4.74 Å². The second kappa shape index (κ2) is 4.93. The van der Waals surface area contributed by atoms with Crippen LogP contribution in [0.1, 0.15) is 6.42 Å². The molecule has 0 aliphatic carbocycles. The van der Waals surface area contributed by atoms with Crippen LogP contribution < -0.4 is 0 Å². The number of aliphatic hydroxyl groups is 1. The molecule has 0 radical (unpaired) electrons. The number of aliphatic hydroxyl groups excluding tert-OH is 1. The Hall–Kier alpha value is -0.900. The van der Waals surface area contributed by atoms with Gasteiger partial charge in [0, 0.05) is 6.42 Å². The minimum Gasteiger partial charge on any atom is -0.469 e. The summed E-state index contributed by atoms with van der Waals surface area (Å²) in [4.78, 5) is 20.5. The maximum absolute atomic E-state index is 10.6. The quantitative estimate of drug-likeness (QED) is 0.423. The Morgan fingerprint density at radius 2 is 2.40 bits per heavy atom. The number of carbonyl (C=O) groups is 2. The van der Waals surface area contributed by atoms with Crippen LogP contribution in [0.5, 0.6) is 0 Å². The first-order valence-corrected chi connectivity index (χ1v) is 2.88. The van der Waals surface area contributed by atoms with Crippen molar-refractivity contribution in [3.05, 3.63) is 0 Å². The average Bonchev–Trinajstić information content (AvgIpc) is 1.99. The second-order valence-corrected chi connectivity index (χ2v) is 1.81. The van der Waals surface area contributed by atoms with Crippen LogP contribution in [0.2, 0.25) is 0 Å². The molecule has 1 N–H and O–H groups in total. The molecule has 0 saturated carbocycles. The average molecular weight is 146 g/mol. The van der Waals surface area contributed by atoms with E-state index in [9.17, 15) is 9.59 Å². The number of rotatable bonds is 4. The molecule has 0 fully saturated rings. The molecule has 0 spiro atoms. The zero-order valence-electron chi connectivity index (χ0n) is 5.74. The lowest BCUT2D eigenvalue weighted by Crippen LogP contribution is -2.20. The molecule has 0 amide bonds. The molecule has 0 bridgehead atoms. The van der Waals surface area contributed by atoms with Crippen LogP contribution in [0, 0.1) is 5.92 Å². The number of carbonyl (C=O) groups excluding carboxylic acids is 2. The summed E-state index contributed by atoms with van der Waals surface area (Å²) in [5.74, 6) is -1.24. The topological polar surface area (TPSA) is 63.6 Å². The summed E-state index contributed by atoms with van der Waals surface area (Å²) in [5, 5.41) is 8.50. The van der Waals surface area contributed by atoms with Crippen LogP contribution in [-0.2, 0) is 14.3 Å². The third-order valence-electron chi connectivity index (χ3n) is 1.14. The van der Waals surface area contributed by atoms with Crippen molar-refractivity contribution >= 4 is 12.3 Å². The number of hydrogen-bond donors (Lipinski definition) is 1. The summed E-state index contributed by atoms with van der Waals surface area (Å²) in [6.45, 7) is -0.342. The highest BCUT2D eigenvalue weighted by molar-refractivity contribution is 5.75. The van der Waals surface area contributed by atoms with E-state index in [1.165, 1.54) is 7.11 Å². The Morgan fingerprint density at radius 1 is 1.80 bits per heavy atom. The maximum atomic E-state index is 10.6. The van der Waals surface area contributed by atoms with Gasteiger partial charge in [0.2, 0.25) is 0 Å². The summed E-state index contributed by atoms with van der Waals surface area (Å²) < 4.78 is 4.30. The predicted molar refractivity (Wildman–Crippen MR) is 33.3 cm³/mol. The standard InChI is InChI=1S/C6H10O4/c1-10-6(9)5(4-8)2-3-7/h3,5,8H,2,4H2,1H3. The van der Waals surface area contributed by atoms with Gasteiger partial charge in [-0.2, -0.15) is 0 Å². The fourth-order valence-corrected chi connectivity index (χ4v) is 0.528. The van der Waals surface area contributed by atoms with E-state index in [4.69, 9.17) is 5.11 Å². The molecule has 0 aliphatic rings.